The van der Waals surface area contributed by atoms with Crippen molar-refractivity contribution in [1.82, 2.24) is 10.2 Å². The number of piperidine rings is 1. The highest BCUT2D eigenvalue weighted by Crippen LogP contribution is 2.22. The maximum atomic E-state index is 11.7. The van der Waals surface area contributed by atoms with Gasteiger partial charge in [-0.2, -0.15) is 0 Å². The van der Waals surface area contributed by atoms with Crippen LogP contribution in [0.25, 0.3) is 0 Å². The molecule has 4 nitrogen and oxygen atoms in total. The van der Waals surface area contributed by atoms with Crippen molar-refractivity contribution in [2.45, 2.75) is 52.6 Å². The summed E-state index contributed by atoms with van der Waals surface area (Å²) in [5, 5.41) is 3.32. The maximum absolute atomic E-state index is 11.7. The first kappa shape index (κ1) is 15.4. The number of nitrogens with two attached hydrogens (primary N) is 1. The van der Waals surface area contributed by atoms with Gasteiger partial charge in [-0.3, -0.25) is 4.79 Å². The van der Waals surface area contributed by atoms with Crippen molar-refractivity contribution in [2.24, 2.45) is 17.6 Å². The van der Waals surface area contributed by atoms with Gasteiger partial charge in [-0.05, 0) is 39.0 Å². The van der Waals surface area contributed by atoms with E-state index in [0.717, 1.165) is 13.1 Å². The highest BCUT2D eigenvalue weighted by atomic mass is 16.1. The van der Waals surface area contributed by atoms with Gasteiger partial charge >= 0.3 is 0 Å². The summed E-state index contributed by atoms with van der Waals surface area (Å²) in [6.07, 6.45) is 1.28. The number of carbonyl (C=O) groups is 1. The number of likely N-dealkylation sites (tertiary alicyclic amines) is 1. The minimum Gasteiger partial charge on any atom is -0.368 e. The fraction of sp³-hybridized carbons (Fsp3) is 0.929. The molecule has 4 heteroatoms. The SMILES string of the molecule is CC1CC(C)CN(CC(C)(NC(C)C)C(N)=O)C1. The first-order valence-electron chi connectivity index (χ1n) is 7.03. The molecule has 1 saturated heterocycles. The monoisotopic (exact) mass is 255 g/mol. The Hall–Kier alpha value is -0.610. The van der Waals surface area contributed by atoms with Crippen LogP contribution in [-0.4, -0.2) is 42.0 Å². The second kappa shape index (κ2) is 6.02. The van der Waals surface area contributed by atoms with Crippen LogP contribution in [0.5, 0.6) is 0 Å². The first-order valence-corrected chi connectivity index (χ1v) is 7.03. The second-order valence-corrected chi connectivity index (χ2v) is 6.64. The largest absolute Gasteiger partial charge is 0.368 e. The Labute approximate surface area is 111 Å². The molecule has 0 aromatic carbocycles. The number of hydrogen-bond donors (Lipinski definition) is 2. The van der Waals surface area contributed by atoms with Crippen molar-refractivity contribution in [2.75, 3.05) is 19.6 Å². The van der Waals surface area contributed by atoms with Crippen molar-refractivity contribution >= 4 is 5.91 Å². The summed E-state index contributed by atoms with van der Waals surface area (Å²) in [4.78, 5) is 14.1. The molecule has 0 aromatic rings. The van der Waals surface area contributed by atoms with E-state index in [9.17, 15) is 4.79 Å². The molecule has 1 rings (SSSR count). The van der Waals surface area contributed by atoms with Gasteiger partial charge < -0.3 is 16.0 Å². The molecular formula is C14H29N3O. The molecule has 0 bridgehead atoms. The summed E-state index contributed by atoms with van der Waals surface area (Å²) in [7, 11) is 0. The zero-order valence-corrected chi connectivity index (χ0v) is 12.5. The van der Waals surface area contributed by atoms with Gasteiger partial charge in [-0.15, -0.1) is 0 Å². The van der Waals surface area contributed by atoms with Crippen LogP contribution in [-0.2, 0) is 4.79 Å². The summed E-state index contributed by atoms with van der Waals surface area (Å²) in [5.74, 6) is 1.14. The lowest BCUT2D eigenvalue weighted by atomic mass is 9.90. The van der Waals surface area contributed by atoms with Crippen molar-refractivity contribution in [3.8, 4) is 0 Å². The molecule has 0 spiro atoms. The van der Waals surface area contributed by atoms with E-state index in [4.69, 9.17) is 5.73 Å². The van der Waals surface area contributed by atoms with Crippen LogP contribution in [0.2, 0.25) is 0 Å². The van der Waals surface area contributed by atoms with Crippen LogP contribution >= 0.6 is 0 Å². The quantitative estimate of drug-likeness (QED) is 0.776. The maximum Gasteiger partial charge on any atom is 0.238 e. The molecule has 1 heterocycles. The molecule has 1 aliphatic heterocycles. The number of nitrogens with one attached hydrogen (secondary N) is 1. The van der Waals surface area contributed by atoms with E-state index >= 15 is 0 Å². The minimum absolute atomic E-state index is 0.252. The number of rotatable bonds is 5. The third kappa shape index (κ3) is 4.25. The van der Waals surface area contributed by atoms with Crippen molar-refractivity contribution in [3.63, 3.8) is 0 Å². The summed E-state index contributed by atoms with van der Waals surface area (Å²) >= 11 is 0. The van der Waals surface area contributed by atoms with Gasteiger partial charge in [0.1, 0.15) is 5.54 Å². The summed E-state index contributed by atoms with van der Waals surface area (Å²) in [6, 6.07) is 0.252. The number of hydrogen-bond acceptors (Lipinski definition) is 3. The van der Waals surface area contributed by atoms with Gasteiger partial charge in [0.15, 0.2) is 0 Å². The van der Waals surface area contributed by atoms with Gasteiger partial charge in [0.2, 0.25) is 5.91 Å². The number of carbonyl (C=O) groups excluding carboxylic acids is 1. The molecule has 106 valence electrons. The van der Waals surface area contributed by atoms with Crippen LogP contribution in [0, 0.1) is 11.8 Å². The third-order valence-corrected chi connectivity index (χ3v) is 3.64. The molecule has 3 N–H and O–H groups in total. The van der Waals surface area contributed by atoms with Crippen LogP contribution in [0.4, 0.5) is 0 Å². The normalized spacial score (nSPS) is 29.2. The van der Waals surface area contributed by atoms with E-state index in [1.807, 2.05) is 20.8 Å². The van der Waals surface area contributed by atoms with Gasteiger partial charge in [-0.25, -0.2) is 0 Å². The molecule has 3 unspecified atom stereocenters. The molecule has 0 aliphatic carbocycles. The molecule has 1 fully saturated rings. The predicted molar refractivity (Wildman–Crippen MR) is 75.3 cm³/mol. The van der Waals surface area contributed by atoms with Crippen LogP contribution in [0.15, 0.2) is 0 Å². The highest BCUT2D eigenvalue weighted by molar-refractivity contribution is 5.84. The molecule has 1 amide bonds. The lowest BCUT2D eigenvalue weighted by Crippen LogP contribution is -2.62. The molecule has 0 aromatic heterocycles. The van der Waals surface area contributed by atoms with Gasteiger partial charge in [-0.1, -0.05) is 13.8 Å². The van der Waals surface area contributed by atoms with E-state index in [0.29, 0.717) is 18.4 Å². The number of nitrogens with zero attached hydrogens (tertiary/aromatic N) is 1. The van der Waals surface area contributed by atoms with Gasteiger partial charge in [0.05, 0.1) is 0 Å². The van der Waals surface area contributed by atoms with Gasteiger partial charge in [0, 0.05) is 25.7 Å². The van der Waals surface area contributed by atoms with E-state index in [1.54, 1.807) is 0 Å². The van der Waals surface area contributed by atoms with Crippen LogP contribution in [0.3, 0.4) is 0 Å². The van der Waals surface area contributed by atoms with E-state index in [-0.39, 0.29) is 11.9 Å². The van der Waals surface area contributed by atoms with Crippen molar-refractivity contribution < 1.29 is 4.79 Å². The van der Waals surface area contributed by atoms with Gasteiger partial charge in [0.25, 0.3) is 0 Å². The predicted octanol–water partition coefficient (Wildman–Crippen LogP) is 1.21. The van der Waals surface area contributed by atoms with Crippen molar-refractivity contribution in [3.05, 3.63) is 0 Å². The highest BCUT2D eigenvalue weighted by Gasteiger charge is 2.35. The zero-order valence-electron chi connectivity index (χ0n) is 12.5. The Morgan fingerprint density at radius 2 is 1.89 bits per heavy atom. The summed E-state index contributed by atoms with van der Waals surface area (Å²) in [5.41, 5.74) is 4.94. The average Bonchev–Trinajstić information content (AvgIpc) is 2.13. The molecule has 18 heavy (non-hydrogen) atoms. The second-order valence-electron chi connectivity index (χ2n) is 6.64. The summed E-state index contributed by atoms with van der Waals surface area (Å²) < 4.78 is 0. The lowest BCUT2D eigenvalue weighted by molar-refractivity contribution is -0.125. The Balaban J connectivity index is 2.68. The van der Waals surface area contributed by atoms with Crippen LogP contribution in [0.1, 0.15) is 41.0 Å². The smallest absolute Gasteiger partial charge is 0.238 e. The number of primary amides is 1. The summed E-state index contributed by atoms with van der Waals surface area (Å²) in [6.45, 7) is 13.4. The fourth-order valence-electron chi connectivity index (χ4n) is 3.20. The molecule has 0 radical (unpaired) electrons. The van der Waals surface area contributed by atoms with Crippen LogP contribution < -0.4 is 11.1 Å². The standard InChI is InChI=1S/C14H29N3O/c1-10(2)16-14(5,13(15)18)9-17-7-11(3)6-12(4)8-17/h10-12,16H,6-9H2,1-5H3,(H2,15,18). The Bertz CT molecular complexity index is 283. The average molecular weight is 255 g/mol. The van der Waals surface area contributed by atoms with E-state index < -0.39 is 5.54 Å². The molecule has 3 atom stereocenters. The number of amides is 1. The molecule has 1 aliphatic rings. The lowest BCUT2D eigenvalue weighted by Gasteiger charge is -2.40. The Morgan fingerprint density at radius 3 is 2.28 bits per heavy atom. The Kier molecular flexibility index (Phi) is 5.17. The van der Waals surface area contributed by atoms with E-state index in [1.165, 1.54) is 6.42 Å². The molecular weight excluding hydrogens is 226 g/mol. The molecule has 0 saturated carbocycles. The third-order valence-electron chi connectivity index (χ3n) is 3.64. The minimum atomic E-state index is -0.634. The van der Waals surface area contributed by atoms with Crippen molar-refractivity contribution in [1.29, 1.82) is 0 Å². The first-order chi connectivity index (χ1) is 8.23. The topological polar surface area (TPSA) is 58.4 Å². The fourth-order valence-corrected chi connectivity index (χ4v) is 3.20. The Morgan fingerprint density at radius 1 is 1.39 bits per heavy atom. The zero-order chi connectivity index (χ0) is 13.9. The van der Waals surface area contributed by atoms with E-state index in [2.05, 4.69) is 24.1 Å².